The van der Waals surface area contributed by atoms with Gasteiger partial charge in [0.05, 0.1) is 5.09 Å². The van der Waals surface area contributed by atoms with E-state index in [-0.39, 0.29) is 49.6 Å². The molecule has 0 heterocycles. The number of rotatable bonds is 0. The molecule has 0 amide bonds. The van der Waals surface area contributed by atoms with Gasteiger partial charge in [-0.1, -0.05) is 0 Å². The van der Waals surface area contributed by atoms with Gasteiger partial charge in [0.1, 0.15) is 0 Å². The molecule has 1 radical (unpaired) electrons. The van der Waals surface area contributed by atoms with Crippen LogP contribution in [0.1, 0.15) is 0 Å². The van der Waals surface area contributed by atoms with E-state index in [1.54, 1.807) is 0 Å². The average Bonchev–Trinajstić information content (AvgIpc) is 1.19. The van der Waals surface area contributed by atoms with Crippen molar-refractivity contribution in [2.75, 3.05) is 0 Å². The number of nitrogens with zero attached hydrogens (tertiary/aromatic N) is 1. The van der Waals surface area contributed by atoms with E-state index in [0.29, 0.717) is 0 Å². The van der Waals surface area contributed by atoms with Gasteiger partial charge in [-0.15, -0.1) is 0 Å². The van der Waals surface area contributed by atoms with Crippen molar-refractivity contribution in [2.24, 2.45) is 0 Å². The van der Waals surface area contributed by atoms with Crippen LogP contribution in [0.2, 0.25) is 0 Å². The molecule has 0 aromatic heterocycles. The Bertz CT molecular complexity index is 116. The Hall–Kier alpha value is -0.424. The second-order valence-electron chi connectivity index (χ2n) is 0.671. The van der Waals surface area contributed by atoms with E-state index >= 15 is 0 Å². The van der Waals surface area contributed by atoms with Crippen molar-refractivity contribution in [2.45, 2.75) is 0 Å². The van der Waals surface area contributed by atoms with E-state index in [1.165, 1.54) is 0 Å². The van der Waals surface area contributed by atoms with Gasteiger partial charge in [-0.25, -0.2) is 0 Å². The molecule has 0 atom stereocenters. The summed E-state index contributed by atoms with van der Waals surface area (Å²) in [7, 11) is -5.39. The van der Waals surface area contributed by atoms with Crippen LogP contribution in [-0.2, 0) is 21.3 Å². The molecule has 0 spiro atoms. The van der Waals surface area contributed by atoms with E-state index in [4.69, 9.17) is 34.6 Å². The molecule has 109 valence electrons. The first-order valence-electron chi connectivity index (χ1n) is 1.28. The van der Waals surface area contributed by atoms with Crippen LogP contribution >= 0.6 is 7.82 Å². The smallest absolute Gasteiger partial charge is 0.822 e. The van der Waals surface area contributed by atoms with Gasteiger partial charge in [-0.3, -0.25) is 0 Å². The maximum Gasteiger partial charge on any atom is 4.00 e. The standard InChI is InChI=1S/Co.NO3.H3O4P.6H2O/c;2-1(3)4;1-5(2,3)4;;;;;;/h;;(H3,1,2,3,4);6*1H2/q+4;-1;;;;;;;/p-3. The summed E-state index contributed by atoms with van der Waals surface area (Å²) in [4.78, 5) is 33.9. The third-order valence-electron chi connectivity index (χ3n) is 0. The largest absolute Gasteiger partial charge is 4.00 e. The summed E-state index contributed by atoms with van der Waals surface area (Å²) in [5.41, 5.74) is 0. The van der Waals surface area contributed by atoms with E-state index in [9.17, 15) is 0 Å². The minimum absolute atomic E-state index is 0. The SMILES string of the molecule is O.O.O.O.O.O.O=P([O-])([O-])[O-].O=[N+]([O-])[O-].[Co+4]. The Balaban J connectivity index is -0.00000000614. The van der Waals surface area contributed by atoms with Crippen molar-refractivity contribution in [1.82, 2.24) is 0 Å². The molecule has 0 saturated heterocycles. The van der Waals surface area contributed by atoms with Crippen molar-refractivity contribution >= 4 is 7.82 Å². The summed E-state index contributed by atoms with van der Waals surface area (Å²) < 4.78 is 8.55. The van der Waals surface area contributed by atoms with Crippen LogP contribution in [0.5, 0.6) is 0 Å². The third kappa shape index (κ3) is 12000. The monoisotopic (exact) mass is 324 g/mol. The number of hydrogen-bond acceptors (Lipinski definition) is 7. The van der Waals surface area contributed by atoms with Gasteiger partial charge in [-0.05, 0) is 0 Å². The molecule has 0 unspecified atom stereocenters. The van der Waals surface area contributed by atoms with Gasteiger partial charge >= 0.3 is 16.8 Å². The summed E-state index contributed by atoms with van der Waals surface area (Å²) in [5.74, 6) is 0. The molecule has 12 N–H and O–H groups in total. The summed E-state index contributed by atoms with van der Waals surface area (Å²) >= 11 is 0. The van der Waals surface area contributed by atoms with Crippen LogP contribution in [-0.4, -0.2) is 37.9 Å². The fraction of sp³-hybridized carbons (Fsp3) is 0. The quantitative estimate of drug-likeness (QED) is 0.234. The van der Waals surface area contributed by atoms with Crippen LogP contribution in [0.25, 0.3) is 0 Å². The van der Waals surface area contributed by atoms with Crippen LogP contribution < -0.4 is 14.7 Å². The second kappa shape index (κ2) is 36.5. The maximum atomic E-state index is 8.55. The molecule has 0 aliphatic rings. The molecule has 0 aromatic carbocycles. The van der Waals surface area contributed by atoms with E-state index in [0.717, 1.165) is 0 Å². The zero-order chi connectivity index (χ0) is 8.08. The molecule has 14 nitrogen and oxygen atoms in total. The Kier molecular flexibility index (Phi) is 175. The molecule has 16 heteroatoms. The zero-order valence-electron chi connectivity index (χ0n) is 7.09. The van der Waals surface area contributed by atoms with Crippen LogP contribution in [0.15, 0.2) is 0 Å². The Morgan fingerprint density at radius 2 is 0.750 bits per heavy atom. The molecule has 0 saturated carbocycles. The van der Waals surface area contributed by atoms with Crippen molar-refractivity contribution in [3.05, 3.63) is 15.3 Å². The predicted molar refractivity (Wildman–Crippen MR) is 39.7 cm³/mol. The molecule has 0 rings (SSSR count). The minimum atomic E-state index is -5.39. The molecular formula is H12CoNO13P. The third-order valence-corrected chi connectivity index (χ3v) is 0. The van der Waals surface area contributed by atoms with Gasteiger partial charge in [0.25, 0.3) is 0 Å². The van der Waals surface area contributed by atoms with Crippen LogP contribution in [0.3, 0.4) is 0 Å². The summed E-state index contributed by atoms with van der Waals surface area (Å²) in [5, 5.41) is 14.8. The van der Waals surface area contributed by atoms with Gasteiger partial charge in [0, 0.05) is 0 Å². The molecule has 0 aliphatic carbocycles. The molecule has 16 heavy (non-hydrogen) atoms. The number of hydrogen-bond donors (Lipinski definition) is 0. The van der Waals surface area contributed by atoms with Gasteiger partial charge in [-0.2, -0.15) is 7.82 Å². The minimum Gasteiger partial charge on any atom is -0.822 e. The van der Waals surface area contributed by atoms with E-state index < -0.39 is 12.9 Å². The van der Waals surface area contributed by atoms with Gasteiger partial charge < -0.3 is 67.4 Å². The maximum absolute atomic E-state index is 8.55. The van der Waals surface area contributed by atoms with Crippen molar-refractivity contribution in [3.8, 4) is 0 Å². The molecular weight excluding hydrogens is 312 g/mol. The topological polar surface area (TPSA) is 341 Å². The first kappa shape index (κ1) is 76.5. The van der Waals surface area contributed by atoms with Crippen molar-refractivity contribution in [1.29, 1.82) is 0 Å². The molecule has 0 aliphatic heterocycles. The fourth-order valence-electron chi connectivity index (χ4n) is 0. The van der Waals surface area contributed by atoms with Gasteiger partial charge in [0.2, 0.25) is 0 Å². The summed E-state index contributed by atoms with van der Waals surface area (Å²) in [6.45, 7) is 0. The second-order valence-corrected chi connectivity index (χ2v) is 1.57. The van der Waals surface area contributed by atoms with Crippen molar-refractivity contribution < 1.29 is 74.0 Å². The molecule has 0 bridgehead atoms. The Labute approximate surface area is 97.9 Å². The van der Waals surface area contributed by atoms with Crippen LogP contribution in [0, 0.1) is 15.3 Å². The van der Waals surface area contributed by atoms with E-state index in [1.807, 2.05) is 0 Å². The molecule has 0 fully saturated rings. The Morgan fingerprint density at radius 1 is 0.750 bits per heavy atom. The normalized spacial score (nSPS) is 5.19. The molecule has 0 aromatic rings. The first-order chi connectivity index (χ1) is 3.73. The van der Waals surface area contributed by atoms with Crippen LogP contribution in [0.4, 0.5) is 0 Å². The predicted octanol–water partition coefficient (Wildman–Crippen LogP) is -8.01. The summed E-state index contributed by atoms with van der Waals surface area (Å²) in [6.07, 6.45) is 0. The average molecular weight is 324 g/mol. The Morgan fingerprint density at radius 3 is 0.750 bits per heavy atom. The van der Waals surface area contributed by atoms with Gasteiger partial charge in [0.15, 0.2) is 0 Å². The van der Waals surface area contributed by atoms with E-state index in [2.05, 4.69) is 0 Å². The summed E-state index contributed by atoms with van der Waals surface area (Å²) in [6, 6.07) is 0. The first-order valence-corrected chi connectivity index (χ1v) is 2.74. The van der Waals surface area contributed by atoms with Crippen molar-refractivity contribution in [3.63, 3.8) is 0 Å². The fourth-order valence-corrected chi connectivity index (χ4v) is 0. The zero-order valence-corrected chi connectivity index (χ0v) is 9.02. The number of phosphoric acid groups is 1.